The average Bonchev–Trinajstić information content (AvgIpc) is 2.56. The lowest BCUT2D eigenvalue weighted by molar-refractivity contribution is -0.137. The minimum absolute atomic E-state index is 0.300. The first-order chi connectivity index (χ1) is 11.5. The van der Waals surface area contributed by atoms with E-state index in [4.69, 9.17) is 0 Å². The Hall–Kier alpha value is -3.09. The van der Waals surface area contributed by atoms with E-state index >= 15 is 0 Å². The van der Waals surface area contributed by atoms with Gasteiger partial charge in [0.2, 0.25) is 0 Å². The Labute approximate surface area is 136 Å². The molecule has 4 nitrogen and oxygen atoms in total. The minimum atomic E-state index is -4.39. The fraction of sp³-hybridized carbons (Fsp3) is 0.0588. The maximum atomic E-state index is 12.7. The lowest BCUT2D eigenvalue weighted by Gasteiger charge is -2.11. The van der Waals surface area contributed by atoms with Crippen LogP contribution in [0.1, 0.15) is 5.56 Å². The molecule has 0 radical (unpaired) electrons. The van der Waals surface area contributed by atoms with E-state index in [0.29, 0.717) is 17.3 Å². The lowest BCUT2D eigenvalue weighted by Crippen LogP contribution is -2.05. The van der Waals surface area contributed by atoms with Crippen molar-refractivity contribution >= 4 is 23.0 Å². The summed E-state index contributed by atoms with van der Waals surface area (Å²) >= 11 is 0. The first-order valence-electron chi connectivity index (χ1n) is 7.09. The van der Waals surface area contributed by atoms with Crippen LogP contribution in [0.4, 0.5) is 36.2 Å². The van der Waals surface area contributed by atoms with Gasteiger partial charge in [0, 0.05) is 17.4 Å². The van der Waals surface area contributed by atoms with Gasteiger partial charge in [0.1, 0.15) is 18.0 Å². The molecule has 0 aliphatic rings. The Bertz CT molecular complexity index is 819. The summed E-state index contributed by atoms with van der Waals surface area (Å²) in [6, 6.07) is 16.0. The van der Waals surface area contributed by atoms with Gasteiger partial charge in [0.25, 0.3) is 0 Å². The number of para-hydroxylation sites is 1. The van der Waals surface area contributed by atoms with Crippen LogP contribution in [-0.4, -0.2) is 9.97 Å². The molecule has 0 amide bonds. The molecule has 0 spiro atoms. The number of aromatic nitrogens is 2. The summed E-state index contributed by atoms with van der Waals surface area (Å²) in [5.74, 6) is 0.924. The second kappa shape index (κ2) is 6.57. The van der Waals surface area contributed by atoms with E-state index in [1.165, 1.54) is 12.4 Å². The fourth-order valence-electron chi connectivity index (χ4n) is 2.08. The SMILES string of the molecule is FC(F)(F)c1cccc(Nc2cc(Nc3ccccc3)ncn2)c1. The van der Waals surface area contributed by atoms with Crippen LogP contribution in [0, 0.1) is 0 Å². The van der Waals surface area contributed by atoms with Crippen LogP contribution < -0.4 is 10.6 Å². The predicted octanol–water partition coefficient (Wildman–Crippen LogP) is 4.98. The summed E-state index contributed by atoms with van der Waals surface area (Å²) in [5, 5.41) is 5.95. The van der Waals surface area contributed by atoms with Crippen molar-refractivity contribution in [3.05, 3.63) is 72.6 Å². The van der Waals surface area contributed by atoms with E-state index < -0.39 is 11.7 Å². The molecule has 0 unspecified atom stereocenters. The Balaban J connectivity index is 1.78. The molecule has 122 valence electrons. The van der Waals surface area contributed by atoms with Gasteiger partial charge >= 0.3 is 6.18 Å². The normalized spacial score (nSPS) is 11.1. The summed E-state index contributed by atoms with van der Waals surface area (Å²) in [6.45, 7) is 0. The lowest BCUT2D eigenvalue weighted by atomic mass is 10.2. The third-order valence-electron chi connectivity index (χ3n) is 3.18. The van der Waals surface area contributed by atoms with Crippen molar-refractivity contribution in [1.29, 1.82) is 0 Å². The first kappa shape index (κ1) is 15.8. The maximum Gasteiger partial charge on any atom is 0.416 e. The third-order valence-corrected chi connectivity index (χ3v) is 3.18. The molecule has 0 aliphatic carbocycles. The molecule has 3 aromatic rings. The summed E-state index contributed by atoms with van der Waals surface area (Å²) in [7, 11) is 0. The van der Waals surface area contributed by atoms with Gasteiger partial charge in [-0.05, 0) is 30.3 Å². The van der Waals surface area contributed by atoms with Gasteiger partial charge in [-0.15, -0.1) is 0 Å². The molecule has 0 saturated heterocycles. The first-order valence-corrected chi connectivity index (χ1v) is 7.09. The number of hydrogen-bond acceptors (Lipinski definition) is 4. The van der Waals surface area contributed by atoms with Gasteiger partial charge in [-0.3, -0.25) is 0 Å². The predicted molar refractivity (Wildman–Crippen MR) is 86.5 cm³/mol. The third kappa shape index (κ3) is 4.01. The van der Waals surface area contributed by atoms with Crippen LogP contribution >= 0.6 is 0 Å². The van der Waals surface area contributed by atoms with Crippen LogP contribution in [0.2, 0.25) is 0 Å². The molecule has 2 aromatic carbocycles. The van der Waals surface area contributed by atoms with E-state index in [1.807, 2.05) is 30.3 Å². The van der Waals surface area contributed by atoms with Crippen molar-refractivity contribution in [1.82, 2.24) is 9.97 Å². The van der Waals surface area contributed by atoms with Crippen LogP contribution in [0.5, 0.6) is 0 Å². The number of hydrogen-bond donors (Lipinski definition) is 2. The highest BCUT2D eigenvalue weighted by atomic mass is 19.4. The van der Waals surface area contributed by atoms with E-state index in [1.54, 1.807) is 12.1 Å². The zero-order chi connectivity index (χ0) is 17.0. The minimum Gasteiger partial charge on any atom is -0.340 e. The number of rotatable bonds is 4. The zero-order valence-corrected chi connectivity index (χ0v) is 12.4. The average molecular weight is 330 g/mol. The van der Waals surface area contributed by atoms with Crippen LogP contribution in [-0.2, 0) is 6.18 Å². The largest absolute Gasteiger partial charge is 0.416 e. The van der Waals surface area contributed by atoms with Gasteiger partial charge in [-0.1, -0.05) is 24.3 Å². The molecule has 0 bridgehead atoms. The van der Waals surface area contributed by atoms with Gasteiger partial charge in [0.05, 0.1) is 5.56 Å². The van der Waals surface area contributed by atoms with Crippen LogP contribution in [0.25, 0.3) is 0 Å². The topological polar surface area (TPSA) is 49.8 Å². The molecule has 7 heteroatoms. The maximum absolute atomic E-state index is 12.7. The van der Waals surface area contributed by atoms with Crippen molar-refractivity contribution in [2.45, 2.75) is 6.18 Å². The summed E-state index contributed by atoms with van der Waals surface area (Å²) in [6.07, 6.45) is -3.05. The highest BCUT2D eigenvalue weighted by Gasteiger charge is 2.30. The fourth-order valence-corrected chi connectivity index (χ4v) is 2.08. The molecule has 0 atom stereocenters. The molecular weight excluding hydrogens is 317 g/mol. The van der Waals surface area contributed by atoms with E-state index in [2.05, 4.69) is 20.6 Å². The highest BCUT2D eigenvalue weighted by Crippen LogP contribution is 2.31. The molecule has 0 saturated carbocycles. The summed E-state index contributed by atoms with van der Waals surface area (Å²) < 4.78 is 38.2. The second-order valence-electron chi connectivity index (χ2n) is 4.98. The summed E-state index contributed by atoms with van der Waals surface area (Å²) in [5.41, 5.74) is 0.430. The summed E-state index contributed by atoms with van der Waals surface area (Å²) in [4.78, 5) is 8.12. The zero-order valence-electron chi connectivity index (χ0n) is 12.4. The molecule has 3 rings (SSSR count). The van der Waals surface area contributed by atoms with E-state index in [0.717, 1.165) is 17.8 Å². The van der Waals surface area contributed by atoms with Crippen molar-refractivity contribution in [3.8, 4) is 0 Å². The molecule has 24 heavy (non-hydrogen) atoms. The Kier molecular flexibility index (Phi) is 4.33. The van der Waals surface area contributed by atoms with Gasteiger partial charge < -0.3 is 10.6 Å². The quantitative estimate of drug-likeness (QED) is 0.708. The molecule has 0 fully saturated rings. The number of halogens is 3. The Morgan fingerprint density at radius 1 is 0.708 bits per heavy atom. The standard InChI is InChI=1S/C17H13F3N4/c18-17(19,20)12-5-4-8-14(9-12)24-16-10-15(21-11-22-16)23-13-6-2-1-3-7-13/h1-11H,(H2,21,22,23,24). The van der Waals surface area contributed by atoms with E-state index in [9.17, 15) is 13.2 Å². The number of benzene rings is 2. The number of nitrogens with zero attached hydrogens (tertiary/aromatic N) is 2. The Morgan fingerprint density at radius 3 is 2.00 bits per heavy atom. The smallest absolute Gasteiger partial charge is 0.340 e. The monoisotopic (exact) mass is 330 g/mol. The molecule has 1 aromatic heterocycles. The number of nitrogens with one attached hydrogen (secondary N) is 2. The van der Waals surface area contributed by atoms with Gasteiger partial charge in [-0.25, -0.2) is 9.97 Å². The van der Waals surface area contributed by atoms with Crippen molar-refractivity contribution < 1.29 is 13.2 Å². The van der Waals surface area contributed by atoms with Gasteiger partial charge in [0.15, 0.2) is 0 Å². The second-order valence-corrected chi connectivity index (χ2v) is 4.98. The Morgan fingerprint density at radius 2 is 1.33 bits per heavy atom. The number of anilines is 4. The highest BCUT2D eigenvalue weighted by molar-refractivity contribution is 5.63. The molecule has 0 aliphatic heterocycles. The van der Waals surface area contributed by atoms with Crippen molar-refractivity contribution in [3.63, 3.8) is 0 Å². The molecular formula is C17H13F3N4. The van der Waals surface area contributed by atoms with E-state index in [-0.39, 0.29) is 0 Å². The number of alkyl halides is 3. The van der Waals surface area contributed by atoms with Crippen LogP contribution in [0.3, 0.4) is 0 Å². The molecule has 1 heterocycles. The van der Waals surface area contributed by atoms with Crippen molar-refractivity contribution in [2.75, 3.05) is 10.6 Å². The van der Waals surface area contributed by atoms with Gasteiger partial charge in [-0.2, -0.15) is 13.2 Å². The van der Waals surface area contributed by atoms with Crippen LogP contribution in [0.15, 0.2) is 67.0 Å². The van der Waals surface area contributed by atoms with Crippen molar-refractivity contribution in [2.24, 2.45) is 0 Å². The molecule has 2 N–H and O–H groups in total.